The summed E-state index contributed by atoms with van der Waals surface area (Å²) in [5, 5.41) is 13.1. The van der Waals surface area contributed by atoms with E-state index in [1.54, 1.807) is 0 Å². The Kier molecular flexibility index (Phi) is 7.01. The van der Waals surface area contributed by atoms with Crippen LogP contribution in [0.1, 0.15) is 46.0 Å². The van der Waals surface area contributed by atoms with Crippen molar-refractivity contribution in [2.75, 3.05) is 19.8 Å². The van der Waals surface area contributed by atoms with E-state index in [-0.39, 0.29) is 11.8 Å². The van der Waals surface area contributed by atoms with Crippen molar-refractivity contribution in [3.05, 3.63) is 5.89 Å². The number of hydrogen-bond acceptors (Lipinski definition) is 7. The molecule has 0 aromatic carbocycles. The highest BCUT2D eigenvalue weighted by Crippen LogP contribution is 2.24. The molecule has 0 saturated heterocycles. The second-order valence-electron chi connectivity index (χ2n) is 6.33. The minimum absolute atomic E-state index is 0.0257. The second kappa shape index (κ2) is 8.30. The number of aromatic nitrogens is 2. The summed E-state index contributed by atoms with van der Waals surface area (Å²) in [6, 6.07) is -0.476. The maximum absolute atomic E-state index is 11.7. The van der Waals surface area contributed by atoms with Gasteiger partial charge < -0.3 is 9.73 Å². The number of carbonyl (C=O) groups is 2. The van der Waals surface area contributed by atoms with Crippen LogP contribution in [0.4, 0.5) is 4.79 Å². The summed E-state index contributed by atoms with van der Waals surface area (Å²) in [5.41, 5.74) is -0.403. The lowest BCUT2D eigenvalue weighted by Gasteiger charge is -2.20. The summed E-state index contributed by atoms with van der Waals surface area (Å²) in [5.74, 6) is 0.125. The Morgan fingerprint density at radius 3 is 2.48 bits per heavy atom. The quantitative estimate of drug-likeness (QED) is 0.760. The van der Waals surface area contributed by atoms with Crippen LogP contribution in [0.3, 0.4) is 0 Å². The first kappa shape index (κ1) is 19.4. The van der Waals surface area contributed by atoms with Crippen molar-refractivity contribution in [2.24, 2.45) is 0 Å². The average molecular weight is 343 g/mol. The summed E-state index contributed by atoms with van der Waals surface area (Å²) < 4.78 is 5.55. The van der Waals surface area contributed by atoms with E-state index in [0.717, 1.165) is 18.2 Å². The third kappa shape index (κ3) is 7.00. The Morgan fingerprint density at radius 1 is 1.30 bits per heavy atom. The minimum Gasteiger partial charge on any atom is -0.414 e. The number of thioether (sulfide) groups is 1. The van der Waals surface area contributed by atoms with Gasteiger partial charge in [-0.25, -0.2) is 4.79 Å². The van der Waals surface area contributed by atoms with Gasteiger partial charge in [-0.15, -0.1) is 10.2 Å². The van der Waals surface area contributed by atoms with Gasteiger partial charge in [0, 0.05) is 5.54 Å². The van der Waals surface area contributed by atoms with Gasteiger partial charge in [0.05, 0.1) is 11.8 Å². The molecule has 0 aliphatic rings. The van der Waals surface area contributed by atoms with Crippen LogP contribution >= 0.6 is 11.8 Å². The molecule has 1 atom stereocenters. The zero-order valence-corrected chi connectivity index (χ0v) is 15.3. The molecule has 1 heterocycles. The SMILES string of the molecule is CC[C@H](c1nnc(SCC(=O)NC(=O)NC(C)(C)C)o1)N(C)C. The normalized spacial score (nSPS) is 13.0. The van der Waals surface area contributed by atoms with Crippen molar-refractivity contribution in [1.82, 2.24) is 25.7 Å². The Morgan fingerprint density at radius 2 is 1.96 bits per heavy atom. The maximum atomic E-state index is 11.7. The molecule has 0 radical (unpaired) electrons. The number of urea groups is 1. The lowest BCUT2D eigenvalue weighted by Crippen LogP contribution is -2.48. The van der Waals surface area contributed by atoms with Crippen molar-refractivity contribution in [3.63, 3.8) is 0 Å². The van der Waals surface area contributed by atoms with Crippen molar-refractivity contribution < 1.29 is 14.0 Å². The summed E-state index contributed by atoms with van der Waals surface area (Å²) in [4.78, 5) is 25.3. The molecule has 0 bridgehead atoms. The number of nitrogens with one attached hydrogen (secondary N) is 2. The maximum Gasteiger partial charge on any atom is 0.321 e. The zero-order chi connectivity index (χ0) is 17.6. The van der Waals surface area contributed by atoms with Crippen LogP contribution < -0.4 is 10.6 Å². The summed E-state index contributed by atoms with van der Waals surface area (Å²) in [7, 11) is 3.87. The van der Waals surface area contributed by atoms with Crippen LogP contribution in [0.25, 0.3) is 0 Å². The summed E-state index contributed by atoms with van der Waals surface area (Å²) in [6.07, 6.45) is 0.840. The number of rotatable bonds is 6. The van der Waals surface area contributed by atoms with E-state index in [1.807, 2.05) is 46.7 Å². The highest BCUT2D eigenvalue weighted by atomic mass is 32.2. The molecular weight excluding hydrogens is 318 g/mol. The topological polar surface area (TPSA) is 100 Å². The van der Waals surface area contributed by atoms with Crippen LogP contribution in [-0.4, -0.2) is 52.4 Å². The first-order valence-corrected chi connectivity index (χ1v) is 8.35. The molecule has 0 saturated carbocycles. The van der Waals surface area contributed by atoms with Crippen LogP contribution in [0.5, 0.6) is 0 Å². The van der Waals surface area contributed by atoms with Crippen LogP contribution in [0.2, 0.25) is 0 Å². The van der Waals surface area contributed by atoms with Crippen LogP contribution in [-0.2, 0) is 4.79 Å². The molecule has 3 amide bonds. The van der Waals surface area contributed by atoms with Crippen molar-refractivity contribution in [2.45, 2.75) is 50.9 Å². The minimum atomic E-state index is -0.520. The van der Waals surface area contributed by atoms with Gasteiger partial charge in [0.2, 0.25) is 11.8 Å². The van der Waals surface area contributed by atoms with E-state index in [2.05, 4.69) is 20.8 Å². The lowest BCUT2D eigenvalue weighted by molar-refractivity contribution is -0.117. The third-order valence-electron chi connectivity index (χ3n) is 2.79. The summed E-state index contributed by atoms with van der Waals surface area (Å²) >= 11 is 1.10. The van der Waals surface area contributed by atoms with Gasteiger partial charge in [-0.2, -0.15) is 0 Å². The van der Waals surface area contributed by atoms with Gasteiger partial charge in [0.1, 0.15) is 0 Å². The molecule has 8 nitrogen and oxygen atoms in total. The van der Waals surface area contributed by atoms with E-state index in [9.17, 15) is 9.59 Å². The lowest BCUT2D eigenvalue weighted by atomic mass is 10.1. The Balaban J connectivity index is 2.48. The monoisotopic (exact) mass is 343 g/mol. The van der Waals surface area contributed by atoms with Crippen molar-refractivity contribution in [1.29, 1.82) is 0 Å². The van der Waals surface area contributed by atoms with E-state index < -0.39 is 17.5 Å². The van der Waals surface area contributed by atoms with Gasteiger partial charge in [-0.1, -0.05) is 18.7 Å². The van der Waals surface area contributed by atoms with E-state index >= 15 is 0 Å². The number of hydrogen-bond donors (Lipinski definition) is 2. The molecular formula is C14H25N5O3S. The van der Waals surface area contributed by atoms with Gasteiger partial charge in [-0.05, 0) is 41.3 Å². The predicted molar refractivity (Wildman–Crippen MR) is 88.2 cm³/mol. The highest BCUT2D eigenvalue weighted by molar-refractivity contribution is 7.99. The number of carbonyl (C=O) groups excluding carboxylic acids is 2. The number of amides is 3. The smallest absolute Gasteiger partial charge is 0.321 e. The van der Waals surface area contributed by atoms with Gasteiger partial charge in [0.25, 0.3) is 5.22 Å². The number of imide groups is 1. The second-order valence-corrected chi connectivity index (χ2v) is 7.26. The predicted octanol–water partition coefficient (Wildman–Crippen LogP) is 1.80. The molecule has 0 aliphatic carbocycles. The molecule has 23 heavy (non-hydrogen) atoms. The Bertz CT molecular complexity index is 539. The fraction of sp³-hybridized carbons (Fsp3) is 0.714. The van der Waals surface area contributed by atoms with Gasteiger partial charge in [-0.3, -0.25) is 15.0 Å². The van der Waals surface area contributed by atoms with Crippen molar-refractivity contribution in [3.8, 4) is 0 Å². The van der Waals surface area contributed by atoms with E-state index in [1.165, 1.54) is 0 Å². The third-order valence-corrected chi connectivity index (χ3v) is 3.60. The first-order valence-electron chi connectivity index (χ1n) is 7.37. The molecule has 1 aromatic heterocycles. The van der Waals surface area contributed by atoms with Gasteiger partial charge in [0.15, 0.2) is 0 Å². The van der Waals surface area contributed by atoms with Gasteiger partial charge >= 0.3 is 6.03 Å². The van der Waals surface area contributed by atoms with Crippen LogP contribution in [0, 0.1) is 0 Å². The molecule has 0 spiro atoms. The molecule has 0 fully saturated rings. The van der Waals surface area contributed by atoms with E-state index in [0.29, 0.717) is 11.1 Å². The zero-order valence-electron chi connectivity index (χ0n) is 14.5. The Labute approximate surface area is 140 Å². The highest BCUT2D eigenvalue weighted by Gasteiger charge is 2.20. The molecule has 0 aliphatic heterocycles. The van der Waals surface area contributed by atoms with Crippen LogP contribution in [0.15, 0.2) is 9.64 Å². The number of nitrogens with zero attached hydrogens (tertiary/aromatic N) is 3. The molecule has 9 heteroatoms. The molecule has 1 rings (SSSR count). The molecule has 2 N–H and O–H groups in total. The fourth-order valence-electron chi connectivity index (χ4n) is 1.84. The largest absolute Gasteiger partial charge is 0.414 e. The molecule has 0 unspecified atom stereocenters. The van der Waals surface area contributed by atoms with E-state index in [4.69, 9.17) is 4.42 Å². The molecule has 1 aromatic rings. The standard InChI is InChI=1S/C14H25N5O3S/c1-7-9(19(5)6)11-17-18-13(22-11)23-8-10(20)15-12(21)16-14(2,3)4/h9H,7-8H2,1-6H3,(H2,15,16,20,21)/t9-/m1/s1. The fourth-order valence-corrected chi connectivity index (χ4v) is 2.41. The van der Waals surface area contributed by atoms with Crippen molar-refractivity contribution >= 4 is 23.7 Å². The Hall–Kier alpha value is -1.61. The molecule has 130 valence electrons. The average Bonchev–Trinajstić information content (AvgIpc) is 2.83. The first-order chi connectivity index (χ1) is 10.6. The summed E-state index contributed by atoms with van der Waals surface area (Å²) in [6.45, 7) is 7.53.